The highest BCUT2D eigenvalue weighted by Crippen LogP contribution is 2.20. The van der Waals surface area contributed by atoms with Crippen LogP contribution in [0.15, 0.2) is 83.8 Å². The first-order valence-electron chi connectivity index (χ1n) is 8.19. The second-order valence-electron chi connectivity index (χ2n) is 5.82. The average Bonchev–Trinajstić information content (AvgIpc) is 2.73. The van der Waals surface area contributed by atoms with Crippen LogP contribution in [-0.2, 0) is 16.6 Å². The first kappa shape index (κ1) is 21.3. The fraction of sp³-hybridized carbons (Fsp3) is 0.0952. The molecule has 146 valence electrons. The number of hydroxylamine groups is 1. The van der Waals surface area contributed by atoms with Gasteiger partial charge in [0.1, 0.15) is 0 Å². The number of carbonyl (C=O) groups excluding carboxylic acids is 1. The Labute approximate surface area is 164 Å². The summed E-state index contributed by atoms with van der Waals surface area (Å²) in [6.07, 6.45) is 0. The Hall–Kier alpha value is -3.00. The number of nitrogens with one attached hydrogen (secondary N) is 2. The van der Waals surface area contributed by atoms with Crippen molar-refractivity contribution in [3.05, 3.63) is 90.0 Å². The SMILES string of the molecule is C.O=C(NO)c1ccccc1S(=O)(=O)NCc1ccc(-c2ccccc2)cc1. The van der Waals surface area contributed by atoms with Gasteiger partial charge in [-0.3, -0.25) is 10.0 Å². The number of sulfonamides is 1. The fourth-order valence-electron chi connectivity index (χ4n) is 2.65. The zero-order valence-corrected chi connectivity index (χ0v) is 15.1. The standard InChI is InChI=1S/C20H18N2O4S.CH4/c23-20(22-24)18-8-4-5-9-19(18)27(25,26)21-14-15-10-12-17(13-11-15)16-6-2-1-3-7-16;/h1-13,21,24H,14H2,(H,22,23);1H4. The highest BCUT2D eigenvalue weighted by Gasteiger charge is 2.21. The zero-order chi connectivity index (χ0) is 19.3. The quantitative estimate of drug-likeness (QED) is 0.437. The smallest absolute Gasteiger partial charge is 0.276 e. The van der Waals surface area contributed by atoms with Crippen LogP contribution in [0.5, 0.6) is 0 Å². The summed E-state index contributed by atoms with van der Waals surface area (Å²) in [5.74, 6) is -0.886. The zero-order valence-electron chi connectivity index (χ0n) is 14.3. The van der Waals surface area contributed by atoms with Crippen LogP contribution >= 0.6 is 0 Å². The molecule has 0 aliphatic heterocycles. The predicted octanol–water partition coefficient (Wildman–Crippen LogP) is 3.59. The van der Waals surface area contributed by atoms with Gasteiger partial charge in [-0.2, -0.15) is 0 Å². The van der Waals surface area contributed by atoms with E-state index in [0.717, 1.165) is 16.7 Å². The van der Waals surface area contributed by atoms with E-state index < -0.39 is 15.9 Å². The monoisotopic (exact) mass is 398 g/mol. The molecule has 0 saturated carbocycles. The highest BCUT2D eigenvalue weighted by atomic mass is 32.2. The van der Waals surface area contributed by atoms with Crippen molar-refractivity contribution in [1.82, 2.24) is 10.2 Å². The molecule has 1 amide bonds. The number of hydrogen-bond donors (Lipinski definition) is 3. The topological polar surface area (TPSA) is 95.5 Å². The fourth-order valence-corrected chi connectivity index (χ4v) is 3.87. The molecular formula is C21H22N2O4S. The van der Waals surface area contributed by atoms with E-state index in [1.54, 1.807) is 0 Å². The molecule has 0 radical (unpaired) electrons. The van der Waals surface area contributed by atoms with Gasteiger partial charge in [-0.1, -0.05) is 74.2 Å². The molecule has 3 aromatic carbocycles. The molecule has 28 heavy (non-hydrogen) atoms. The van der Waals surface area contributed by atoms with Gasteiger partial charge in [-0.15, -0.1) is 0 Å². The summed E-state index contributed by atoms with van der Waals surface area (Å²) in [4.78, 5) is 11.5. The molecule has 0 unspecified atom stereocenters. The van der Waals surface area contributed by atoms with Crippen molar-refractivity contribution in [3.63, 3.8) is 0 Å². The van der Waals surface area contributed by atoms with E-state index in [2.05, 4.69) is 4.72 Å². The van der Waals surface area contributed by atoms with E-state index >= 15 is 0 Å². The van der Waals surface area contributed by atoms with Gasteiger partial charge >= 0.3 is 0 Å². The maximum Gasteiger partial charge on any atom is 0.276 e. The van der Waals surface area contributed by atoms with Crippen LogP contribution in [0.3, 0.4) is 0 Å². The van der Waals surface area contributed by atoms with Gasteiger partial charge in [0, 0.05) is 6.54 Å². The number of hydrogen-bond acceptors (Lipinski definition) is 4. The lowest BCUT2D eigenvalue weighted by molar-refractivity contribution is 0.0702. The number of amides is 1. The van der Waals surface area contributed by atoms with Crippen LogP contribution in [0.1, 0.15) is 23.3 Å². The Morgan fingerprint density at radius 2 is 1.39 bits per heavy atom. The molecule has 0 aliphatic carbocycles. The van der Waals surface area contributed by atoms with Crippen LogP contribution in [0, 0.1) is 0 Å². The number of carbonyl (C=O) groups is 1. The third kappa shape index (κ3) is 4.83. The van der Waals surface area contributed by atoms with Gasteiger partial charge in [-0.05, 0) is 28.8 Å². The Morgan fingerprint density at radius 1 is 0.821 bits per heavy atom. The van der Waals surface area contributed by atoms with Crippen molar-refractivity contribution in [1.29, 1.82) is 0 Å². The lowest BCUT2D eigenvalue weighted by atomic mass is 10.0. The lowest BCUT2D eigenvalue weighted by Gasteiger charge is -2.11. The molecule has 0 aliphatic rings. The molecule has 3 rings (SSSR count). The van der Waals surface area contributed by atoms with Crippen LogP contribution in [-0.4, -0.2) is 19.5 Å². The molecule has 0 fully saturated rings. The predicted molar refractivity (Wildman–Crippen MR) is 108 cm³/mol. The second-order valence-corrected chi connectivity index (χ2v) is 7.56. The first-order valence-corrected chi connectivity index (χ1v) is 9.67. The summed E-state index contributed by atoms with van der Waals surface area (Å²) >= 11 is 0. The molecule has 3 aromatic rings. The Kier molecular flexibility index (Phi) is 7.06. The number of benzene rings is 3. The van der Waals surface area contributed by atoms with Crippen molar-refractivity contribution < 1.29 is 18.4 Å². The molecule has 3 N–H and O–H groups in total. The largest absolute Gasteiger partial charge is 0.288 e. The molecule has 0 bridgehead atoms. The summed E-state index contributed by atoms with van der Waals surface area (Å²) in [6.45, 7) is 0.0759. The minimum Gasteiger partial charge on any atom is -0.288 e. The van der Waals surface area contributed by atoms with Crippen molar-refractivity contribution in [3.8, 4) is 11.1 Å². The van der Waals surface area contributed by atoms with Crippen LogP contribution in [0.4, 0.5) is 0 Å². The number of rotatable bonds is 6. The Balaban J connectivity index is 0.00000280. The third-order valence-electron chi connectivity index (χ3n) is 4.05. The second kappa shape index (κ2) is 9.27. The summed E-state index contributed by atoms with van der Waals surface area (Å²) in [7, 11) is -3.93. The molecule has 0 saturated heterocycles. The minimum atomic E-state index is -3.93. The minimum absolute atomic E-state index is 0. The Bertz CT molecular complexity index is 1030. The van der Waals surface area contributed by atoms with Gasteiger partial charge in [-0.25, -0.2) is 18.6 Å². The van der Waals surface area contributed by atoms with Gasteiger partial charge < -0.3 is 0 Å². The van der Waals surface area contributed by atoms with E-state index in [4.69, 9.17) is 5.21 Å². The van der Waals surface area contributed by atoms with E-state index in [9.17, 15) is 13.2 Å². The van der Waals surface area contributed by atoms with E-state index in [1.807, 2.05) is 54.6 Å². The van der Waals surface area contributed by atoms with Crippen LogP contribution in [0.25, 0.3) is 11.1 Å². The maximum absolute atomic E-state index is 12.6. The third-order valence-corrected chi connectivity index (χ3v) is 5.51. The van der Waals surface area contributed by atoms with Gasteiger partial charge in [0.2, 0.25) is 10.0 Å². The maximum atomic E-state index is 12.6. The van der Waals surface area contributed by atoms with E-state index in [1.165, 1.54) is 29.7 Å². The molecule has 0 atom stereocenters. The molecule has 0 aromatic heterocycles. The van der Waals surface area contributed by atoms with Gasteiger partial charge in [0.25, 0.3) is 5.91 Å². The van der Waals surface area contributed by atoms with E-state index in [0.29, 0.717) is 0 Å². The van der Waals surface area contributed by atoms with E-state index in [-0.39, 0.29) is 24.4 Å². The van der Waals surface area contributed by atoms with Gasteiger partial charge in [0.05, 0.1) is 10.5 Å². The highest BCUT2D eigenvalue weighted by molar-refractivity contribution is 7.89. The average molecular weight is 398 g/mol. The molecule has 0 heterocycles. The molecular weight excluding hydrogens is 376 g/mol. The summed E-state index contributed by atoms with van der Waals surface area (Å²) in [6, 6.07) is 23.1. The normalized spacial score (nSPS) is 10.8. The van der Waals surface area contributed by atoms with Crippen molar-refractivity contribution >= 4 is 15.9 Å². The summed E-state index contributed by atoms with van der Waals surface area (Å²) in [5.41, 5.74) is 4.22. The van der Waals surface area contributed by atoms with Crippen molar-refractivity contribution in [2.75, 3.05) is 0 Å². The van der Waals surface area contributed by atoms with Crippen molar-refractivity contribution in [2.45, 2.75) is 18.9 Å². The summed E-state index contributed by atoms with van der Waals surface area (Å²) in [5, 5.41) is 8.79. The van der Waals surface area contributed by atoms with Crippen LogP contribution in [0.2, 0.25) is 0 Å². The molecule has 0 spiro atoms. The summed E-state index contributed by atoms with van der Waals surface area (Å²) < 4.78 is 27.6. The first-order chi connectivity index (χ1) is 13.0. The van der Waals surface area contributed by atoms with Crippen molar-refractivity contribution in [2.24, 2.45) is 0 Å². The molecule has 6 nitrogen and oxygen atoms in total. The van der Waals surface area contributed by atoms with Crippen LogP contribution < -0.4 is 10.2 Å². The molecule has 7 heteroatoms. The van der Waals surface area contributed by atoms with Gasteiger partial charge in [0.15, 0.2) is 0 Å². The lowest BCUT2D eigenvalue weighted by Crippen LogP contribution is -2.27. The Morgan fingerprint density at radius 3 is 2.04 bits per heavy atom.